The lowest BCUT2D eigenvalue weighted by molar-refractivity contribution is -0.156. The Morgan fingerprint density at radius 1 is 0.837 bits per heavy atom. The van der Waals surface area contributed by atoms with Crippen molar-refractivity contribution in [3.63, 3.8) is 0 Å². The summed E-state index contributed by atoms with van der Waals surface area (Å²) in [5.74, 6) is 2.06. The van der Waals surface area contributed by atoms with Gasteiger partial charge in [-0.1, -0.05) is 51.9 Å². The van der Waals surface area contributed by atoms with Crippen LogP contribution in [0.15, 0.2) is 9.98 Å². The first-order valence-corrected chi connectivity index (χ1v) is 18.4. The topological polar surface area (TPSA) is 81.6 Å². The molecule has 6 rings (SSSR count). The zero-order valence-corrected chi connectivity index (χ0v) is 27.6. The minimum atomic E-state index is -0.153. The van der Waals surface area contributed by atoms with Crippen molar-refractivity contribution in [1.82, 2.24) is 20.4 Å². The Morgan fingerprint density at radius 3 is 2.37 bits per heavy atom. The number of guanidine groups is 2. The van der Waals surface area contributed by atoms with Crippen molar-refractivity contribution in [2.24, 2.45) is 15.9 Å². The molecule has 4 fully saturated rings. The summed E-state index contributed by atoms with van der Waals surface area (Å²) in [5, 5.41) is 7.44. The quantitative estimate of drug-likeness (QED) is 0.185. The molecule has 0 radical (unpaired) electrons. The third kappa shape index (κ3) is 6.98. The number of hydrogen-bond donors (Lipinski definition) is 2. The lowest BCUT2D eigenvalue weighted by Gasteiger charge is -2.47. The molecular formula is C35H60N6O2. The Hall–Kier alpha value is -1.99. The second kappa shape index (κ2) is 14.0. The molecule has 2 N–H and O–H groups in total. The SMILES string of the molecule is CCCCCCC[C@@H]1C[C@@H]2CC[C@H]3[C@@H](C(=O)OC(C)CCCCC[C@@H]4C[C@@H]5CC[C@H]6C[C@@H](C)NC(=N4)N56)[C@@H](C)N=C(N1)N23. The molecule has 6 aliphatic heterocycles. The van der Waals surface area contributed by atoms with Gasteiger partial charge in [-0.2, -0.15) is 0 Å². The molecule has 0 aliphatic carbocycles. The number of rotatable bonds is 14. The van der Waals surface area contributed by atoms with E-state index in [0.29, 0.717) is 36.3 Å². The Labute approximate surface area is 261 Å². The smallest absolute Gasteiger partial charge is 0.313 e. The number of nitrogens with one attached hydrogen (secondary N) is 2. The van der Waals surface area contributed by atoms with Gasteiger partial charge < -0.3 is 25.2 Å². The molecule has 6 aliphatic rings. The fraction of sp³-hybridized carbons (Fsp3) is 0.914. The second-order valence-corrected chi connectivity index (χ2v) is 15.0. The van der Waals surface area contributed by atoms with E-state index in [1.807, 2.05) is 0 Å². The molecule has 0 aromatic heterocycles. The Balaban J connectivity index is 0.921. The van der Waals surface area contributed by atoms with Crippen LogP contribution in [0.3, 0.4) is 0 Å². The third-order valence-electron chi connectivity index (χ3n) is 11.5. The molecule has 0 bridgehead atoms. The molecule has 0 aromatic carbocycles. The van der Waals surface area contributed by atoms with E-state index in [1.54, 1.807) is 0 Å². The van der Waals surface area contributed by atoms with Gasteiger partial charge in [0.15, 0.2) is 11.9 Å². The standard InChI is InChI=1S/C35H60N6O2/c1-5-6-7-8-11-14-27-22-30-18-19-31-32(25(4)37-35(39-27)41(30)31)33(42)43-24(3)13-10-9-12-15-26-21-29-17-16-28-20-23(2)36-34(38-26)40(28)29/h23-32H,5-22H2,1-4H3,(H,36,38)(H,37,39)/t23-,24?,25-,26-,27-,28+,29+,30+,31+,32+/m1/s1. The molecule has 6 heterocycles. The van der Waals surface area contributed by atoms with Gasteiger partial charge in [-0.15, -0.1) is 0 Å². The van der Waals surface area contributed by atoms with Crippen LogP contribution in [0.25, 0.3) is 0 Å². The van der Waals surface area contributed by atoms with E-state index in [4.69, 9.17) is 14.7 Å². The van der Waals surface area contributed by atoms with Crippen molar-refractivity contribution in [2.75, 3.05) is 0 Å². The van der Waals surface area contributed by atoms with E-state index in [-0.39, 0.29) is 30.1 Å². The van der Waals surface area contributed by atoms with Crippen molar-refractivity contribution in [3.8, 4) is 0 Å². The van der Waals surface area contributed by atoms with Gasteiger partial charge in [-0.25, -0.2) is 9.98 Å². The van der Waals surface area contributed by atoms with Crippen LogP contribution in [0.1, 0.15) is 143 Å². The van der Waals surface area contributed by atoms with Crippen LogP contribution in [0, 0.1) is 5.92 Å². The van der Waals surface area contributed by atoms with Gasteiger partial charge in [0.2, 0.25) is 0 Å². The highest BCUT2D eigenvalue weighted by molar-refractivity contribution is 5.86. The van der Waals surface area contributed by atoms with Gasteiger partial charge in [0.1, 0.15) is 0 Å². The number of nitrogens with zero attached hydrogens (tertiary/aromatic N) is 4. The predicted molar refractivity (Wildman–Crippen MR) is 174 cm³/mol. The normalized spacial score (nSPS) is 36.6. The molecule has 0 saturated carbocycles. The first kappa shape index (κ1) is 31.0. The first-order valence-electron chi connectivity index (χ1n) is 18.4. The molecule has 8 heteroatoms. The zero-order valence-electron chi connectivity index (χ0n) is 27.6. The maximum Gasteiger partial charge on any atom is 0.313 e. The summed E-state index contributed by atoms with van der Waals surface area (Å²) < 4.78 is 6.11. The summed E-state index contributed by atoms with van der Waals surface area (Å²) in [4.78, 5) is 28.8. The highest BCUT2D eigenvalue weighted by Gasteiger charge is 2.51. The van der Waals surface area contributed by atoms with Crippen molar-refractivity contribution in [2.45, 2.75) is 198 Å². The average Bonchev–Trinajstić information content (AvgIpc) is 3.58. The molecule has 43 heavy (non-hydrogen) atoms. The summed E-state index contributed by atoms with van der Waals surface area (Å²) in [6.45, 7) is 8.77. The minimum Gasteiger partial charge on any atom is -0.462 e. The summed E-state index contributed by atoms with van der Waals surface area (Å²) >= 11 is 0. The van der Waals surface area contributed by atoms with Crippen LogP contribution < -0.4 is 10.6 Å². The molecule has 0 spiro atoms. The number of ether oxygens (including phenoxy) is 1. The number of aliphatic imine (C=N–C) groups is 2. The molecule has 4 saturated heterocycles. The number of unbranched alkanes of at least 4 members (excludes halogenated alkanes) is 6. The maximum atomic E-state index is 13.5. The number of carbonyl (C=O) groups excluding carboxylic acids is 1. The van der Waals surface area contributed by atoms with Crippen molar-refractivity contribution in [3.05, 3.63) is 0 Å². The van der Waals surface area contributed by atoms with E-state index >= 15 is 0 Å². The van der Waals surface area contributed by atoms with E-state index in [2.05, 4.69) is 48.1 Å². The highest BCUT2D eigenvalue weighted by Crippen LogP contribution is 2.40. The third-order valence-corrected chi connectivity index (χ3v) is 11.5. The van der Waals surface area contributed by atoms with E-state index in [1.165, 1.54) is 102 Å². The van der Waals surface area contributed by atoms with Crippen LogP contribution in [0.4, 0.5) is 0 Å². The number of esters is 1. The zero-order chi connectivity index (χ0) is 29.9. The van der Waals surface area contributed by atoms with Gasteiger partial charge in [0.05, 0.1) is 24.1 Å². The monoisotopic (exact) mass is 596 g/mol. The fourth-order valence-corrected chi connectivity index (χ4v) is 9.39. The van der Waals surface area contributed by atoms with E-state index < -0.39 is 0 Å². The average molecular weight is 597 g/mol. The molecule has 10 atom stereocenters. The molecule has 8 nitrogen and oxygen atoms in total. The van der Waals surface area contributed by atoms with E-state index in [9.17, 15) is 4.79 Å². The van der Waals surface area contributed by atoms with Crippen molar-refractivity contribution < 1.29 is 9.53 Å². The maximum absolute atomic E-state index is 13.5. The molecule has 1 unspecified atom stereocenters. The summed E-state index contributed by atoms with van der Waals surface area (Å²) in [6.07, 6.45) is 22.0. The van der Waals surface area contributed by atoms with Crippen molar-refractivity contribution >= 4 is 17.9 Å². The number of hydrogen-bond acceptors (Lipinski definition) is 8. The Kier molecular flexibility index (Phi) is 10.1. The number of carbonyl (C=O) groups is 1. The van der Waals surface area contributed by atoms with E-state index in [0.717, 1.165) is 25.2 Å². The van der Waals surface area contributed by atoms with Crippen LogP contribution in [0.5, 0.6) is 0 Å². The van der Waals surface area contributed by atoms with Crippen LogP contribution in [-0.2, 0) is 9.53 Å². The molecular weight excluding hydrogens is 536 g/mol. The highest BCUT2D eigenvalue weighted by atomic mass is 16.5. The van der Waals surface area contributed by atoms with Gasteiger partial charge in [-0.3, -0.25) is 4.79 Å². The lowest BCUT2D eigenvalue weighted by atomic mass is 9.89. The van der Waals surface area contributed by atoms with Crippen molar-refractivity contribution in [1.29, 1.82) is 0 Å². The molecule has 242 valence electrons. The van der Waals surface area contributed by atoms with Gasteiger partial charge in [0, 0.05) is 36.3 Å². The van der Waals surface area contributed by atoms with Gasteiger partial charge >= 0.3 is 5.97 Å². The first-order chi connectivity index (χ1) is 20.9. The largest absolute Gasteiger partial charge is 0.462 e. The van der Waals surface area contributed by atoms with Crippen LogP contribution >= 0.6 is 0 Å². The van der Waals surface area contributed by atoms with Gasteiger partial charge in [-0.05, 0) is 91.4 Å². The Morgan fingerprint density at radius 2 is 1.53 bits per heavy atom. The summed E-state index contributed by atoms with van der Waals surface area (Å²) in [7, 11) is 0. The van der Waals surface area contributed by atoms with Gasteiger partial charge in [0.25, 0.3) is 0 Å². The second-order valence-electron chi connectivity index (χ2n) is 15.0. The summed E-state index contributed by atoms with van der Waals surface area (Å²) in [6, 6.07) is 3.66. The fourth-order valence-electron chi connectivity index (χ4n) is 9.39. The Bertz CT molecular complexity index is 1020. The van der Waals surface area contributed by atoms with Crippen LogP contribution in [0.2, 0.25) is 0 Å². The summed E-state index contributed by atoms with van der Waals surface area (Å²) in [5.41, 5.74) is 0. The molecule has 0 amide bonds. The minimum absolute atomic E-state index is 0.0295. The van der Waals surface area contributed by atoms with Crippen LogP contribution in [-0.4, -0.2) is 82.1 Å². The molecule has 0 aromatic rings. The predicted octanol–water partition coefficient (Wildman–Crippen LogP) is 6.14. The lowest BCUT2D eigenvalue weighted by Crippen LogP contribution is -2.63.